The average Bonchev–Trinajstić information content (AvgIpc) is 2.78. The van der Waals surface area contributed by atoms with Crippen molar-refractivity contribution in [3.63, 3.8) is 0 Å². The highest BCUT2D eigenvalue weighted by Gasteiger charge is 2.07. The van der Waals surface area contributed by atoms with Crippen molar-refractivity contribution in [2.24, 2.45) is 0 Å². The molecule has 4 nitrogen and oxygen atoms in total. The minimum Gasteiger partial charge on any atom is -0.478 e. The molecule has 0 aliphatic carbocycles. The number of rotatable bonds is 3. The number of hydrogen-bond acceptors (Lipinski definition) is 3. The van der Waals surface area contributed by atoms with E-state index in [9.17, 15) is 4.79 Å². The summed E-state index contributed by atoms with van der Waals surface area (Å²) in [6.45, 7) is 1.69. The van der Waals surface area contributed by atoms with Crippen LogP contribution in [0.25, 0.3) is 17.0 Å². The van der Waals surface area contributed by atoms with Crippen LogP contribution in [0.3, 0.4) is 0 Å². The van der Waals surface area contributed by atoms with Crippen molar-refractivity contribution in [1.29, 1.82) is 0 Å². The molecule has 2 heterocycles. The predicted octanol–water partition coefficient (Wildman–Crippen LogP) is 2.83. The lowest BCUT2D eigenvalue weighted by Crippen LogP contribution is -1.88. The van der Waals surface area contributed by atoms with E-state index in [1.54, 1.807) is 25.3 Å². The fourth-order valence-corrected chi connectivity index (χ4v) is 1.45. The first-order valence-electron chi connectivity index (χ1n) is 5.09. The number of hydrogen-bond donors (Lipinski definition) is 1. The second-order valence-electron chi connectivity index (χ2n) is 3.54. The lowest BCUT2D eigenvalue weighted by molar-refractivity contribution is -0.131. The molecule has 86 valence electrons. The Balaban J connectivity index is 2.31. The Morgan fingerprint density at radius 3 is 2.82 bits per heavy atom. The van der Waals surface area contributed by atoms with E-state index >= 15 is 0 Å². The Morgan fingerprint density at radius 2 is 2.18 bits per heavy atom. The van der Waals surface area contributed by atoms with Crippen LogP contribution in [0.1, 0.15) is 12.7 Å². The van der Waals surface area contributed by atoms with Crippen molar-refractivity contribution in [2.75, 3.05) is 0 Å². The van der Waals surface area contributed by atoms with E-state index in [0.717, 1.165) is 11.8 Å². The van der Waals surface area contributed by atoms with Gasteiger partial charge in [0.1, 0.15) is 11.5 Å². The highest BCUT2D eigenvalue weighted by atomic mass is 16.4. The molecule has 0 aliphatic heterocycles. The first-order chi connectivity index (χ1) is 8.16. The van der Waals surface area contributed by atoms with Crippen LogP contribution in [0, 0.1) is 0 Å². The first kappa shape index (κ1) is 11.1. The normalized spacial score (nSPS) is 11.5. The van der Waals surface area contributed by atoms with Gasteiger partial charge in [-0.25, -0.2) is 4.79 Å². The third-order valence-corrected chi connectivity index (χ3v) is 2.25. The molecule has 0 aromatic carbocycles. The standard InChI is InChI=1S/C13H11NO3/c1-9(8-13(15)16)11-5-6-12(17-11)10-4-2-3-7-14-10/h2-8H,1H3,(H,15,16)/b9-8+. The van der Waals surface area contributed by atoms with E-state index in [-0.39, 0.29) is 0 Å². The number of allylic oxidation sites excluding steroid dienone is 1. The van der Waals surface area contributed by atoms with Gasteiger partial charge in [0.2, 0.25) is 0 Å². The molecule has 17 heavy (non-hydrogen) atoms. The second kappa shape index (κ2) is 4.65. The maximum absolute atomic E-state index is 10.5. The smallest absolute Gasteiger partial charge is 0.328 e. The van der Waals surface area contributed by atoms with Crippen LogP contribution in [0.2, 0.25) is 0 Å². The first-order valence-corrected chi connectivity index (χ1v) is 5.09. The molecule has 0 spiro atoms. The van der Waals surface area contributed by atoms with Crippen LogP contribution in [0.15, 0.2) is 47.0 Å². The quantitative estimate of drug-likeness (QED) is 0.822. The lowest BCUT2D eigenvalue weighted by Gasteiger charge is -1.96. The SMILES string of the molecule is C/C(=C\C(=O)O)c1ccc(-c2ccccn2)o1. The highest BCUT2D eigenvalue weighted by Crippen LogP contribution is 2.23. The van der Waals surface area contributed by atoms with Gasteiger partial charge < -0.3 is 9.52 Å². The summed E-state index contributed by atoms with van der Waals surface area (Å²) in [4.78, 5) is 14.7. The van der Waals surface area contributed by atoms with Crippen molar-refractivity contribution < 1.29 is 14.3 Å². The van der Waals surface area contributed by atoms with Crippen LogP contribution < -0.4 is 0 Å². The van der Waals surface area contributed by atoms with Gasteiger partial charge in [0.05, 0.1) is 0 Å². The molecule has 0 radical (unpaired) electrons. The summed E-state index contributed by atoms with van der Waals surface area (Å²) < 4.78 is 5.54. The van der Waals surface area contributed by atoms with Crippen molar-refractivity contribution in [1.82, 2.24) is 4.98 Å². The van der Waals surface area contributed by atoms with Crippen molar-refractivity contribution in [2.45, 2.75) is 6.92 Å². The third-order valence-electron chi connectivity index (χ3n) is 2.25. The summed E-state index contributed by atoms with van der Waals surface area (Å²) in [6, 6.07) is 9.03. The Kier molecular flexibility index (Phi) is 3.05. The van der Waals surface area contributed by atoms with Gasteiger partial charge in [-0.2, -0.15) is 0 Å². The summed E-state index contributed by atoms with van der Waals surface area (Å²) in [7, 11) is 0. The van der Waals surface area contributed by atoms with E-state index < -0.39 is 5.97 Å². The van der Waals surface area contributed by atoms with Gasteiger partial charge in [-0.05, 0) is 36.8 Å². The topological polar surface area (TPSA) is 63.3 Å². The third kappa shape index (κ3) is 2.60. The zero-order valence-electron chi connectivity index (χ0n) is 9.25. The van der Waals surface area contributed by atoms with E-state index in [1.807, 2.05) is 18.2 Å². The van der Waals surface area contributed by atoms with Gasteiger partial charge in [0.15, 0.2) is 5.76 Å². The highest BCUT2D eigenvalue weighted by molar-refractivity contribution is 5.88. The number of aromatic nitrogens is 1. The van der Waals surface area contributed by atoms with Crippen LogP contribution in [0.5, 0.6) is 0 Å². The zero-order chi connectivity index (χ0) is 12.3. The maximum atomic E-state index is 10.5. The van der Waals surface area contributed by atoms with E-state index in [2.05, 4.69) is 4.98 Å². The predicted molar refractivity (Wildman–Crippen MR) is 63.2 cm³/mol. The Bertz CT molecular complexity index is 555. The minimum atomic E-state index is -0.988. The summed E-state index contributed by atoms with van der Waals surface area (Å²) in [5.41, 5.74) is 1.29. The number of pyridine rings is 1. The minimum absolute atomic E-state index is 0.535. The Labute approximate surface area is 98.2 Å². The fraction of sp³-hybridized carbons (Fsp3) is 0.0769. The molecule has 0 saturated carbocycles. The lowest BCUT2D eigenvalue weighted by atomic mass is 10.2. The van der Waals surface area contributed by atoms with Crippen LogP contribution in [-0.4, -0.2) is 16.1 Å². The Morgan fingerprint density at radius 1 is 1.35 bits per heavy atom. The molecular weight excluding hydrogens is 218 g/mol. The molecule has 0 bridgehead atoms. The Hall–Kier alpha value is -2.36. The van der Waals surface area contributed by atoms with Crippen molar-refractivity contribution in [3.8, 4) is 11.5 Å². The fourth-order valence-electron chi connectivity index (χ4n) is 1.45. The van der Waals surface area contributed by atoms with Crippen LogP contribution in [-0.2, 0) is 4.79 Å². The molecule has 2 rings (SSSR count). The molecule has 2 aromatic rings. The van der Waals surface area contributed by atoms with Crippen LogP contribution >= 0.6 is 0 Å². The molecule has 0 unspecified atom stereocenters. The van der Waals surface area contributed by atoms with Gasteiger partial charge in [0.25, 0.3) is 0 Å². The summed E-state index contributed by atoms with van der Waals surface area (Å²) in [5, 5.41) is 8.64. The van der Waals surface area contributed by atoms with E-state index in [4.69, 9.17) is 9.52 Å². The molecule has 1 N–H and O–H groups in total. The van der Waals surface area contributed by atoms with Gasteiger partial charge >= 0.3 is 5.97 Å². The number of aliphatic carboxylic acids is 1. The van der Waals surface area contributed by atoms with Gasteiger partial charge in [-0.3, -0.25) is 4.98 Å². The molecule has 0 saturated heterocycles. The molecule has 0 atom stereocenters. The molecule has 0 fully saturated rings. The van der Waals surface area contributed by atoms with E-state index in [1.165, 1.54) is 0 Å². The van der Waals surface area contributed by atoms with Gasteiger partial charge in [-0.15, -0.1) is 0 Å². The second-order valence-corrected chi connectivity index (χ2v) is 3.54. The summed E-state index contributed by atoms with van der Waals surface area (Å²) in [5.74, 6) is 0.171. The van der Waals surface area contributed by atoms with Gasteiger partial charge in [0, 0.05) is 12.3 Å². The monoisotopic (exact) mass is 229 g/mol. The number of carboxylic acids is 1. The molecule has 0 amide bonds. The number of carboxylic acid groups (broad SMARTS) is 1. The zero-order valence-corrected chi connectivity index (χ0v) is 9.25. The number of carbonyl (C=O) groups is 1. The average molecular weight is 229 g/mol. The van der Waals surface area contributed by atoms with E-state index in [0.29, 0.717) is 17.1 Å². The van der Waals surface area contributed by atoms with Crippen molar-refractivity contribution >= 4 is 11.5 Å². The van der Waals surface area contributed by atoms with Crippen molar-refractivity contribution in [3.05, 3.63) is 48.4 Å². The largest absolute Gasteiger partial charge is 0.478 e. The van der Waals surface area contributed by atoms with Crippen LogP contribution in [0.4, 0.5) is 0 Å². The molecule has 4 heteroatoms. The number of nitrogens with zero attached hydrogens (tertiary/aromatic N) is 1. The molecular formula is C13H11NO3. The number of furan rings is 1. The van der Waals surface area contributed by atoms with Gasteiger partial charge in [-0.1, -0.05) is 6.07 Å². The summed E-state index contributed by atoms with van der Waals surface area (Å²) in [6.07, 6.45) is 2.79. The maximum Gasteiger partial charge on any atom is 0.328 e. The molecule has 2 aromatic heterocycles. The summed E-state index contributed by atoms with van der Waals surface area (Å²) >= 11 is 0. The molecule has 0 aliphatic rings.